The van der Waals surface area contributed by atoms with E-state index in [1.807, 2.05) is 0 Å². The Balaban J connectivity index is 1.97. The Hall–Kier alpha value is -2.48. The number of aliphatic carboxylic acids is 1. The van der Waals surface area contributed by atoms with E-state index in [9.17, 15) is 18.4 Å². The van der Waals surface area contributed by atoms with E-state index in [1.54, 1.807) is 31.2 Å². The van der Waals surface area contributed by atoms with Crippen molar-refractivity contribution in [3.05, 3.63) is 41.3 Å². The molecule has 8 heteroatoms. The summed E-state index contributed by atoms with van der Waals surface area (Å²) in [5.74, 6) is -1.27. The first-order chi connectivity index (χ1) is 11.8. The molecule has 1 atom stereocenters. The summed E-state index contributed by atoms with van der Waals surface area (Å²) in [4.78, 5) is 24.0. The van der Waals surface area contributed by atoms with E-state index in [0.29, 0.717) is 4.88 Å². The van der Waals surface area contributed by atoms with Crippen LogP contribution in [0.2, 0.25) is 0 Å². The molecule has 0 saturated heterocycles. The molecule has 0 fully saturated rings. The number of nitrogens with one attached hydrogen (secondary N) is 1. The fraction of sp³-hybridized carbons (Fsp3) is 0.294. The van der Waals surface area contributed by atoms with Gasteiger partial charge in [-0.2, -0.15) is 8.78 Å². The number of thiophene rings is 1. The standard InChI is InChI=1S/C17H17F2NO4S/c1-10(8-15(21)22)9-20-16(23)14-7-6-13(25-14)11-2-4-12(5-3-11)24-17(18)19/h2-7,10,17H,8-9H2,1H3,(H,20,23)(H,21,22). The van der Waals surface area contributed by atoms with Crippen molar-refractivity contribution in [2.45, 2.75) is 20.0 Å². The van der Waals surface area contributed by atoms with Crippen molar-refractivity contribution in [3.8, 4) is 16.2 Å². The van der Waals surface area contributed by atoms with Gasteiger partial charge in [0.05, 0.1) is 4.88 Å². The van der Waals surface area contributed by atoms with Crippen molar-refractivity contribution in [2.75, 3.05) is 6.54 Å². The van der Waals surface area contributed by atoms with Crippen molar-refractivity contribution >= 4 is 23.2 Å². The zero-order valence-corrected chi connectivity index (χ0v) is 14.2. The summed E-state index contributed by atoms with van der Waals surface area (Å²) in [6.45, 7) is -0.846. The van der Waals surface area contributed by atoms with Crippen LogP contribution >= 0.6 is 11.3 Å². The lowest BCUT2D eigenvalue weighted by Gasteiger charge is -2.09. The van der Waals surface area contributed by atoms with Gasteiger partial charge in [-0.3, -0.25) is 9.59 Å². The minimum atomic E-state index is -2.87. The first-order valence-electron chi connectivity index (χ1n) is 7.50. The van der Waals surface area contributed by atoms with Crippen LogP contribution in [-0.4, -0.2) is 30.1 Å². The van der Waals surface area contributed by atoms with E-state index >= 15 is 0 Å². The van der Waals surface area contributed by atoms with Crippen LogP contribution in [0.1, 0.15) is 23.0 Å². The lowest BCUT2D eigenvalue weighted by molar-refractivity contribution is -0.137. The molecule has 1 aromatic heterocycles. The number of amides is 1. The topological polar surface area (TPSA) is 75.6 Å². The van der Waals surface area contributed by atoms with Crippen molar-refractivity contribution in [3.63, 3.8) is 0 Å². The maximum atomic E-state index is 12.1. The average Bonchev–Trinajstić information content (AvgIpc) is 3.02. The molecule has 1 heterocycles. The number of carboxylic acids is 1. The zero-order valence-electron chi connectivity index (χ0n) is 13.4. The lowest BCUT2D eigenvalue weighted by atomic mass is 10.1. The monoisotopic (exact) mass is 369 g/mol. The van der Waals surface area contributed by atoms with E-state index in [-0.39, 0.29) is 30.5 Å². The third-order valence-electron chi connectivity index (χ3n) is 3.33. The van der Waals surface area contributed by atoms with Gasteiger partial charge in [0, 0.05) is 17.8 Å². The Morgan fingerprint density at radius 2 is 1.88 bits per heavy atom. The van der Waals surface area contributed by atoms with Gasteiger partial charge in [-0.15, -0.1) is 11.3 Å². The van der Waals surface area contributed by atoms with Gasteiger partial charge >= 0.3 is 12.6 Å². The van der Waals surface area contributed by atoms with Gasteiger partial charge in [0.25, 0.3) is 5.91 Å². The molecule has 0 saturated carbocycles. The first kappa shape index (κ1) is 18.9. The molecule has 1 amide bonds. The molecular weight excluding hydrogens is 352 g/mol. The second-order valence-corrected chi connectivity index (χ2v) is 6.56. The summed E-state index contributed by atoms with van der Waals surface area (Å²) in [6, 6.07) is 9.59. The molecule has 0 aliphatic carbocycles. The molecule has 0 aliphatic heterocycles. The van der Waals surface area contributed by atoms with Crippen molar-refractivity contribution in [1.29, 1.82) is 0 Å². The Bertz CT molecular complexity index is 731. The zero-order chi connectivity index (χ0) is 18.4. The van der Waals surface area contributed by atoms with Crippen LogP contribution in [0.4, 0.5) is 8.78 Å². The molecule has 1 unspecified atom stereocenters. The second kappa shape index (κ2) is 8.57. The third kappa shape index (κ3) is 5.82. The SMILES string of the molecule is CC(CNC(=O)c1ccc(-c2ccc(OC(F)F)cc2)s1)CC(=O)O. The maximum Gasteiger partial charge on any atom is 0.387 e. The highest BCUT2D eigenvalue weighted by molar-refractivity contribution is 7.17. The third-order valence-corrected chi connectivity index (χ3v) is 4.46. The van der Waals surface area contributed by atoms with Crippen LogP contribution in [0.5, 0.6) is 5.75 Å². The van der Waals surface area contributed by atoms with E-state index in [4.69, 9.17) is 5.11 Å². The van der Waals surface area contributed by atoms with Gasteiger partial charge < -0.3 is 15.2 Å². The molecule has 134 valence electrons. The molecule has 5 nitrogen and oxygen atoms in total. The van der Waals surface area contributed by atoms with E-state index in [1.165, 1.54) is 23.5 Å². The Labute approximate surface area is 147 Å². The first-order valence-corrected chi connectivity index (χ1v) is 8.32. The number of halogens is 2. The van der Waals surface area contributed by atoms with Crippen molar-refractivity contribution in [2.24, 2.45) is 5.92 Å². The summed E-state index contributed by atoms with van der Waals surface area (Å²) in [7, 11) is 0. The van der Waals surface area contributed by atoms with Gasteiger partial charge in [0.15, 0.2) is 0 Å². The number of carboxylic acid groups (broad SMARTS) is 1. The normalized spacial score (nSPS) is 12.0. The van der Waals surface area contributed by atoms with E-state index < -0.39 is 12.6 Å². The van der Waals surface area contributed by atoms with E-state index in [0.717, 1.165) is 10.4 Å². The molecule has 0 spiro atoms. The smallest absolute Gasteiger partial charge is 0.387 e. The van der Waals surface area contributed by atoms with Gasteiger partial charge in [-0.25, -0.2) is 0 Å². The van der Waals surface area contributed by atoms with Gasteiger partial charge in [-0.1, -0.05) is 6.92 Å². The predicted molar refractivity (Wildman–Crippen MR) is 90.1 cm³/mol. The number of carbonyl (C=O) groups excluding carboxylic acids is 1. The largest absolute Gasteiger partial charge is 0.481 e. The summed E-state index contributed by atoms with van der Waals surface area (Å²) < 4.78 is 28.6. The molecule has 1 aromatic carbocycles. The number of benzene rings is 1. The van der Waals surface area contributed by atoms with Crippen LogP contribution in [0, 0.1) is 5.92 Å². The van der Waals surface area contributed by atoms with Crippen LogP contribution in [0.15, 0.2) is 36.4 Å². The molecule has 2 rings (SSSR count). The quantitative estimate of drug-likeness (QED) is 0.741. The van der Waals surface area contributed by atoms with Crippen molar-refractivity contribution < 1.29 is 28.2 Å². The molecule has 0 bridgehead atoms. The molecule has 2 N–H and O–H groups in total. The summed E-state index contributed by atoms with van der Waals surface area (Å²) in [5, 5.41) is 11.4. The number of alkyl halides is 2. The Morgan fingerprint density at radius 3 is 2.48 bits per heavy atom. The minimum absolute atomic E-state index is 0.0109. The van der Waals surface area contributed by atoms with E-state index in [2.05, 4.69) is 10.1 Å². The summed E-state index contributed by atoms with van der Waals surface area (Å²) >= 11 is 1.26. The minimum Gasteiger partial charge on any atom is -0.481 e. The van der Waals surface area contributed by atoms with Crippen LogP contribution in [-0.2, 0) is 4.79 Å². The van der Waals surface area contributed by atoms with Gasteiger partial charge in [0.2, 0.25) is 0 Å². The molecule has 0 radical (unpaired) electrons. The maximum absolute atomic E-state index is 12.1. The Morgan fingerprint density at radius 1 is 1.20 bits per heavy atom. The number of hydrogen-bond acceptors (Lipinski definition) is 4. The van der Waals surface area contributed by atoms with Crippen LogP contribution < -0.4 is 10.1 Å². The average molecular weight is 369 g/mol. The highest BCUT2D eigenvalue weighted by atomic mass is 32.1. The number of ether oxygens (including phenoxy) is 1. The van der Waals surface area contributed by atoms with Crippen LogP contribution in [0.25, 0.3) is 10.4 Å². The number of carbonyl (C=O) groups is 2. The summed E-state index contributed by atoms with van der Waals surface area (Å²) in [5.41, 5.74) is 0.782. The number of rotatable bonds is 8. The molecular formula is C17H17F2NO4S. The lowest BCUT2D eigenvalue weighted by Crippen LogP contribution is -2.28. The second-order valence-electron chi connectivity index (χ2n) is 5.48. The summed E-state index contributed by atoms with van der Waals surface area (Å²) in [6.07, 6.45) is -0.0109. The van der Waals surface area contributed by atoms with Crippen LogP contribution in [0.3, 0.4) is 0 Å². The van der Waals surface area contributed by atoms with Gasteiger partial charge in [0.1, 0.15) is 5.75 Å². The Kier molecular flexibility index (Phi) is 6.46. The van der Waals surface area contributed by atoms with Gasteiger partial charge in [-0.05, 0) is 47.9 Å². The predicted octanol–water partition coefficient (Wildman–Crippen LogP) is 3.86. The highest BCUT2D eigenvalue weighted by Crippen LogP contribution is 2.29. The number of hydrogen-bond donors (Lipinski definition) is 2. The molecule has 2 aromatic rings. The molecule has 0 aliphatic rings. The fourth-order valence-electron chi connectivity index (χ4n) is 2.14. The highest BCUT2D eigenvalue weighted by Gasteiger charge is 2.13. The van der Waals surface area contributed by atoms with Crippen molar-refractivity contribution in [1.82, 2.24) is 5.32 Å². The fourth-order valence-corrected chi connectivity index (χ4v) is 3.07. The molecule has 25 heavy (non-hydrogen) atoms.